The molecule has 0 amide bonds. The minimum Gasteiger partial charge on any atom is -0.480 e. The molecule has 0 fully saturated rings. The Hall–Kier alpha value is -3.02. The third kappa shape index (κ3) is 3.86. The van der Waals surface area contributed by atoms with Gasteiger partial charge >= 0.3 is 0 Å². The van der Waals surface area contributed by atoms with Gasteiger partial charge < -0.3 is 10.5 Å². The molecule has 0 aromatic carbocycles. The van der Waals surface area contributed by atoms with Crippen molar-refractivity contribution >= 4 is 55.6 Å². The molecule has 154 valence electrons. The van der Waals surface area contributed by atoms with Crippen LogP contribution in [0.4, 0.5) is 11.6 Å². The van der Waals surface area contributed by atoms with Gasteiger partial charge in [0.05, 0.1) is 17.1 Å². The number of rotatable bonds is 5. The number of nitrogens with two attached hydrogens (primary N) is 1. The van der Waals surface area contributed by atoms with Crippen LogP contribution >= 0.6 is 22.9 Å². The molecule has 0 aliphatic carbocycles. The Kier molecular flexibility index (Phi) is 5.18. The van der Waals surface area contributed by atoms with E-state index in [2.05, 4.69) is 24.7 Å². The van der Waals surface area contributed by atoms with E-state index in [9.17, 15) is 8.42 Å². The van der Waals surface area contributed by atoms with E-state index in [1.165, 1.54) is 19.2 Å². The molecule has 4 aromatic rings. The van der Waals surface area contributed by atoms with Gasteiger partial charge in [0.2, 0.25) is 11.8 Å². The molecule has 4 rings (SSSR count). The fraction of sp³-hybridized carbons (Fsp3) is 0.111. The summed E-state index contributed by atoms with van der Waals surface area (Å²) < 4.78 is 33.6. The van der Waals surface area contributed by atoms with Crippen LogP contribution in [-0.4, -0.2) is 35.5 Å². The smallest absolute Gasteiger partial charge is 0.271 e. The number of hydrogen-bond acceptors (Lipinski definition) is 9. The van der Waals surface area contributed by atoms with Crippen molar-refractivity contribution in [1.82, 2.24) is 19.9 Å². The van der Waals surface area contributed by atoms with Gasteiger partial charge in [0.1, 0.15) is 9.90 Å². The molecule has 0 atom stereocenters. The lowest BCUT2D eigenvalue weighted by molar-refractivity contribution is 0.400. The summed E-state index contributed by atoms with van der Waals surface area (Å²) in [6.45, 7) is 1.81. The Balaban J connectivity index is 1.77. The summed E-state index contributed by atoms with van der Waals surface area (Å²) in [5.41, 5.74) is 8.35. The topological polar surface area (TPSA) is 133 Å². The Labute approximate surface area is 181 Å². The molecule has 0 aliphatic heterocycles. The van der Waals surface area contributed by atoms with Crippen LogP contribution in [0.15, 0.2) is 40.9 Å². The first-order valence-corrected chi connectivity index (χ1v) is 11.2. The molecular formula is C18H15ClN6O3S2. The molecular weight excluding hydrogens is 448 g/mol. The van der Waals surface area contributed by atoms with E-state index in [0.717, 1.165) is 16.7 Å². The maximum atomic E-state index is 12.7. The Morgan fingerprint density at radius 3 is 2.57 bits per heavy atom. The van der Waals surface area contributed by atoms with Gasteiger partial charge in [0, 0.05) is 28.9 Å². The van der Waals surface area contributed by atoms with Gasteiger partial charge in [-0.15, -0.1) is 11.3 Å². The van der Waals surface area contributed by atoms with E-state index in [1.54, 1.807) is 18.5 Å². The van der Waals surface area contributed by atoms with Crippen molar-refractivity contribution < 1.29 is 13.2 Å². The molecule has 0 radical (unpaired) electrons. The highest BCUT2D eigenvalue weighted by Crippen LogP contribution is 2.33. The van der Waals surface area contributed by atoms with Gasteiger partial charge in [-0.3, -0.25) is 4.72 Å². The number of ether oxygens (including phenoxy) is 1. The van der Waals surface area contributed by atoms with Crippen LogP contribution in [0.2, 0.25) is 4.34 Å². The number of nitrogens with one attached hydrogen (secondary N) is 1. The zero-order valence-corrected chi connectivity index (χ0v) is 18.1. The second kappa shape index (κ2) is 7.67. The predicted octanol–water partition coefficient (Wildman–Crippen LogP) is 3.50. The second-order valence-electron chi connectivity index (χ2n) is 6.21. The van der Waals surface area contributed by atoms with Gasteiger partial charge in [0.15, 0.2) is 5.65 Å². The van der Waals surface area contributed by atoms with E-state index in [4.69, 9.17) is 22.1 Å². The molecule has 12 heteroatoms. The number of halogens is 1. The van der Waals surface area contributed by atoms with E-state index in [1.807, 2.05) is 13.0 Å². The first-order chi connectivity index (χ1) is 14.3. The number of fused-ring (bicyclic) bond motifs is 1. The monoisotopic (exact) mass is 462 g/mol. The van der Waals surface area contributed by atoms with E-state index in [0.29, 0.717) is 26.8 Å². The predicted molar refractivity (Wildman–Crippen MR) is 116 cm³/mol. The highest BCUT2D eigenvalue weighted by molar-refractivity contribution is 7.94. The van der Waals surface area contributed by atoms with Crippen LogP contribution < -0.4 is 15.2 Å². The lowest BCUT2D eigenvalue weighted by Crippen LogP contribution is -2.12. The second-order valence-corrected chi connectivity index (χ2v) is 9.83. The van der Waals surface area contributed by atoms with Gasteiger partial charge in [-0.05, 0) is 31.2 Å². The van der Waals surface area contributed by atoms with E-state index >= 15 is 0 Å². The zero-order valence-electron chi connectivity index (χ0n) is 15.7. The van der Waals surface area contributed by atoms with Crippen molar-refractivity contribution in [3.05, 3.63) is 46.7 Å². The van der Waals surface area contributed by atoms with Crippen LogP contribution in [0.3, 0.4) is 0 Å². The first kappa shape index (κ1) is 20.3. The highest BCUT2D eigenvalue weighted by Gasteiger charge is 2.20. The van der Waals surface area contributed by atoms with Crippen LogP contribution in [0.5, 0.6) is 5.88 Å². The number of pyridine rings is 2. The summed E-state index contributed by atoms with van der Waals surface area (Å²) in [5, 5.41) is 0.730. The number of nitrogens with zero attached hydrogens (tertiary/aromatic N) is 4. The number of aryl methyl sites for hydroxylation is 1. The van der Waals surface area contributed by atoms with Gasteiger partial charge in [-0.25, -0.2) is 23.4 Å². The van der Waals surface area contributed by atoms with Crippen molar-refractivity contribution in [3.63, 3.8) is 0 Å². The Morgan fingerprint density at radius 1 is 1.13 bits per heavy atom. The van der Waals surface area contributed by atoms with Crippen molar-refractivity contribution in [2.24, 2.45) is 0 Å². The zero-order chi connectivity index (χ0) is 21.5. The molecule has 9 nitrogen and oxygen atoms in total. The fourth-order valence-corrected chi connectivity index (χ4v) is 5.35. The fourth-order valence-electron chi connectivity index (χ4n) is 2.82. The van der Waals surface area contributed by atoms with Crippen molar-refractivity contribution in [2.45, 2.75) is 11.1 Å². The molecule has 0 aliphatic rings. The highest BCUT2D eigenvalue weighted by atomic mass is 35.5. The third-order valence-electron chi connectivity index (χ3n) is 4.19. The number of sulfonamides is 1. The van der Waals surface area contributed by atoms with Crippen LogP contribution in [0.25, 0.3) is 22.2 Å². The maximum Gasteiger partial charge on any atom is 0.271 e. The van der Waals surface area contributed by atoms with E-state index in [-0.39, 0.29) is 21.7 Å². The summed E-state index contributed by atoms with van der Waals surface area (Å²) in [4.78, 5) is 16.8. The summed E-state index contributed by atoms with van der Waals surface area (Å²) >= 11 is 6.82. The number of nitrogen functional groups attached to an aromatic ring is 1. The third-order valence-corrected chi connectivity index (χ3v) is 7.28. The lowest BCUT2D eigenvalue weighted by Gasteiger charge is -2.12. The molecule has 0 spiro atoms. The number of methoxy groups -OCH3 is 1. The van der Waals surface area contributed by atoms with Gasteiger partial charge in [0.25, 0.3) is 10.0 Å². The van der Waals surface area contributed by atoms with Crippen molar-refractivity contribution in [1.29, 1.82) is 0 Å². The minimum absolute atomic E-state index is 0.0812. The SMILES string of the molecule is COc1ncc(-c2cnc3nc(N)nc(C)c3c2)cc1NS(=O)(=O)c1ccc(Cl)s1. The summed E-state index contributed by atoms with van der Waals surface area (Å²) in [5.74, 6) is 0.280. The van der Waals surface area contributed by atoms with Crippen LogP contribution in [0, 0.1) is 6.92 Å². The minimum atomic E-state index is -3.86. The molecule has 30 heavy (non-hydrogen) atoms. The maximum absolute atomic E-state index is 12.7. The summed E-state index contributed by atoms with van der Waals surface area (Å²) in [7, 11) is -2.45. The summed E-state index contributed by atoms with van der Waals surface area (Å²) in [6.07, 6.45) is 3.17. The molecule has 4 heterocycles. The molecule has 0 bridgehead atoms. The summed E-state index contributed by atoms with van der Waals surface area (Å²) in [6, 6.07) is 6.41. The quantitative estimate of drug-likeness (QED) is 0.460. The number of hydrogen-bond donors (Lipinski definition) is 2. The Morgan fingerprint density at radius 2 is 1.87 bits per heavy atom. The largest absolute Gasteiger partial charge is 0.480 e. The number of anilines is 2. The standard InChI is InChI=1S/C18H15ClN6O3S2/c1-9-12-5-10(7-21-16(12)24-18(20)23-9)11-6-13(17(28-2)22-8-11)25-30(26,27)15-4-3-14(19)29-15/h3-8,25H,1-2H3,(H2,20,21,23,24). The average Bonchev–Trinajstić information content (AvgIpc) is 3.15. The average molecular weight is 463 g/mol. The van der Waals surface area contributed by atoms with Crippen molar-refractivity contribution in [3.8, 4) is 17.0 Å². The van der Waals surface area contributed by atoms with Crippen LogP contribution in [-0.2, 0) is 10.0 Å². The first-order valence-electron chi connectivity index (χ1n) is 8.49. The van der Waals surface area contributed by atoms with Gasteiger partial charge in [-0.1, -0.05) is 11.6 Å². The Bertz CT molecular complexity index is 1370. The molecule has 3 N–H and O–H groups in total. The molecule has 0 unspecified atom stereocenters. The number of thiophene rings is 1. The van der Waals surface area contributed by atoms with Crippen molar-refractivity contribution in [2.75, 3.05) is 17.6 Å². The van der Waals surface area contributed by atoms with Gasteiger partial charge in [-0.2, -0.15) is 4.98 Å². The van der Waals surface area contributed by atoms with E-state index < -0.39 is 10.0 Å². The molecule has 0 saturated heterocycles. The lowest BCUT2D eigenvalue weighted by atomic mass is 10.1. The normalized spacial score (nSPS) is 11.6. The van der Waals surface area contributed by atoms with Crippen LogP contribution in [0.1, 0.15) is 5.69 Å². The number of aromatic nitrogens is 4. The molecule has 4 aromatic heterocycles. The molecule has 0 saturated carbocycles.